The van der Waals surface area contributed by atoms with Crippen LogP contribution in [0.3, 0.4) is 0 Å². The highest BCUT2D eigenvalue weighted by atomic mass is 79.9. The maximum absolute atomic E-state index is 12.7. The molecule has 0 bridgehead atoms. The third-order valence-electron chi connectivity index (χ3n) is 3.67. The fourth-order valence-electron chi connectivity index (χ4n) is 2.56. The molecule has 2 atom stereocenters. The molecule has 0 aliphatic carbocycles. The Kier molecular flexibility index (Phi) is 5.03. The van der Waals surface area contributed by atoms with Gasteiger partial charge < -0.3 is 10.6 Å². The number of nitrogens with zero attached hydrogens (tertiary/aromatic N) is 1. The van der Waals surface area contributed by atoms with Gasteiger partial charge in [-0.05, 0) is 52.9 Å². The summed E-state index contributed by atoms with van der Waals surface area (Å²) in [5.74, 6) is 0.707. The van der Waals surface area contributed by atoms with E-state index in [0.717, 1.165) is 28.3 Å². The van der Waals surface area contributed by atoms with Crippen LogP contribution in [0.2, 0.25) is 0 Å². The van der Waals surface area contributed by atoms with Crippen LogP contribution in [-0.2, 0) is 0 Å². The minimum absolute atomic E-state index is 0.0653. The van der Waals surface area contributed by atoms with Crippen molar-refractivity contribution >= 4 is 37.8 Å². The Hall–Kier alpha value is -0.390. The zero-order chi connectivity index (χ0) is 14.0. The SMILES string of the molecule is CC1CCN(C(=O)c2cc(Br)ccc2Br)C(CN)C1. The number of hydrogen-bond donors (Lipinski definition) is 1. The van der Waals surface area contributed by atoms with Crippen molar-refractivity contribution in [3.8, 4) is 0 Å². The smallest absolute Gasteiger partial charge is 0.255 e. The largest absolute Gasteiger partial charge is 0.334 e. The molecule has 1 aromatic carbocycles. The van der Waals surface area contributed by atoms with E-state index in [1.54, 1.807) is 0 Å². The maximum atomic E-state index is 12.7. The van der Waals surface area contributed by atoms with Crippen molar-refractivity contribution in [3.05, 3.63) is 32.7 Å². The van der Waals surface area contributed by atoms with Gasteiger partial charge in [-0.15, -0.1) is 0 Å². The van der Waals surface area contributed by atoms with Gasteiger partial charge in [-0.3, -0.25) is 4.79 Å². The van der Waals surface area contributed by atoms with Gasteiger partial charge in [0.2, 0.25) is 0 Å². The maximum Gasteiger partial charge on any atom is 0.255 e. The topological polar surface area (TPSA) is 46.3 Å². The van der Waals surface area contributed by atoms with Crippen molar-refractivity contribution in [2.75, 3.05) is 13.1 Å². The predicted molar refractivity (Wildman–Crippen MR) is 84.1 cm³/mol. The molecule has 1 saturated heterocycles. The summed E-state index contributed by atoms with van der Waals surface area (Å²) in [5, 5.41) is 0. The van der Waals surface area contributed by atoms with E-state index in [-0.39, 0.29) is 11.9 Å². The monoisotopic (exact) mass is 388 g/mol. The molecule has 104 valence electrons. The van der Waals surface area contributed by atoms with Crippen LogP contribution < -0.4 is 5.73 Å². The van der Waals surface area contributed by atoms with Crippen molar-refractivity contribution in [2.45, 2.75) is 25.8 Å². The number of halogens is 2. The molecule has 2 unspecified atom stereocenters. The first-order chi connectivity index (χ1) is 9.02. The van der Waals surface area contributed by atoms with E-state index in [9.17, 15) is 4.79 Å². The zero-order valence-corrected chi connectivity index (χ0v) is 14.1. The molecular formula is C14H18Br2N2O. The molecule has 1 aliphatic rings. The Balaban J connectivity index is 2.25. The number of likely N-dealkylation sites (tertiary alicyclic amines) is 1. The van der Waals surface area contributed by atoms with E-state index in [1.165, 1.54) is 0 Å². The summed E-state index contributed by atoms with van der Waals surface area (Å²) in [6, 6.07) is 5.82. The van der Waals surface area contributed by atoms with Crippen LogP contribution in [0, 0.1) is 5.92 Å². The van der Waals surface area contributed by atoms with Crippen molar-refractivity contribution in [1.82, 2.24) is 4.90 Å². The van der Waals surface area contributed by atoms with Crippen molar-refractivity contribution < 1.29 is 4.79 Å². The fourth-order valence-corrected chi connectivity index (χ4v) is 3.34. The Labute approximate surface area is 130 Å². The number of nitrogens with two attached hydrogens (primary N) is 1. The summed E-state index contributed by atoms with van der Waals surface area (Å²) in [5.41, 5.74) is 6.52. The first-order valence-corrected chi connectivity index (χ1v) is 8.07. The summed E-state index contributed by atoms with van der Waals surface area (Å²) in [4.78, 5) is 14.6. The van der Waals surface area contributed by atoms with Crippen LogP contribution in [0.4, 0.5) is 0 Å². The number of piperidine rings is 1. The molecule has 1 fully saturated rings. The summed E-state index contributed by atoms with van der Waals surface area (Å²) < 4.78 is 1.74. The summed E-state index contributed by atoms with van der Waals surface area (Å²) in [6.07, 6.45) is 2.04. The Morgan fingerprint density at radius 1 is 1.47 bits per heavy atom. The summed E-state index contributed by atoms with van der Waals surface area (Å²) in [7, 11) is 0. The second kappa shape index (κ2) is 6.37. The normalized spacial score (nSPS) is 23.5. The zero-order valence-electron chi connectivity index (χ0n) is 10.9. The van der Waals surface area contributed by atoms with Gasteiger partial charge in [0.05, 0.1) is 5.56 Å². The van der Waals surface area contributed by atoms with Gasteiger partial charge in [-0.1, -0.05) is 22.9 Å². The van der Waals surface area contributed by atoms with Gasteiger partial charge in [-0.2, -0.15) is 0 Å². The number of carbonyl (C=O) groups is 1. The van der Waals surface area contributed by atoms with Crippen LogP contribution in [0.1, 0.15) is 30.1 Å². The van der Waals surface area contributed by atoms with Crippen molar-refractivity contribution in [2.24, 2.45) is 11.7 Å². The summed E-state index contributed by atoms with van der Waals surface area (Å²) in [6.45, 7) is 3.54. The van der Waals surface area contributed by atoms with Crippen molar-refractivity contribution in [3.63, 3.8) is 0 Å². The molecule has 1 aliphatic heterocycles. The highest BCUT2D eigenvalue weighted by Gasteiger charge is 2.30. The quantitative estimate of drug-likeness (QED) is 0.842. The van der Waals surface area contributed by atoms with Crippen LogP contribution in [0.25, 0.3) is 0 Å². The molecule has 0 spiro atoms. The van der Waals surface area contributed by atoms with E-state index < -0.39 is 0 Å². The minimum atomic E-state index is 0.0653. The molecule has 2 N–H and O–H groups in total. The van der Waals surface area contributed by atoms with Gasteiger partial charge in [-0.25, -0.2) is 0 Å². The highest BCUT2D eigenvalue weighted by Crippen LogP contribution is 2.27. The van der Waals surface area contributed by atoms with Gasteiger partial charge in [0.25, 0.3) is 5.91 Å². The van der Waals surface area contributed by atoms with Crippen LogP contribution in [0.15, 0.2) is 27.1 Å². The molecule has 3 nitrogen and oxygen atoms in total. The lowest BCUT2D eigenvalue weighted by molar-refractivity contribution is 0.0572. The van der Waals surface area contributed by atoms with Crippen LogP contribution in [0.5, 0.6) is 0 Å². The first kappa shape index (κ1) is 15.0. The molecule has 0 saturated carbocycles. The van der Waals surface area contributed by atoms with Gasteiger partial charge in [0.15, 0.2) is 0 Å². The van der Waals surface area contributed by atoms with E-state index in [1.807, 2.05) is 23.1 Å². The molecule has 1 amide bonds. The van der Waals surface area contributed by atoms with Crippen molar-refractivity contribution in [1.29, 1.82) is 0 Å². The van der Waals surface area contributed by atoms with Gasteiger partial charge in [0, 0.05) is 28.1 Å². The molecule has 1 heterocycles. The number of benzene rings is 1. The highest BCUT2D eigenvalue weighted by molar-refractivity contribution is 9.11. The predicted octanol–water partition coefficient (Wildman–Crippen LogP) is 3.41. The molecule has 2 rings (SSSR count). The molecular weight excluding hydrogens is 372 g/mol. The third kappa shape index (κ3) is 3.38. The number of amides is 1. The Morgan fingerprint density at radius 3 is 2.89 bits per heavy atom. The van der Waals surface area contributed by atoms with E-state index in [0.29, 0.717) is 18.0 Å². The van der Waals surface area contributed by atoms with Crippen LogP contribution in [-0.4, -0.2) is 29.9 Å². The standard InChI is InChI=1S/C14H18Br2N2O/c1-9-4-5-18(11(6-9)8-17)14(19)12-7-10(15)2-3-13(12)16/h2-3,7,9,11H,4-6,8,17H2,1H3. The van der Waals surface area contributed by atoms with E-state index in [2.05, 4.69) is 38.8 Å². The molecule has 19 heavy (non-hydrogen) atoms. The Morgan fingerprint density at radius 2 is 2.21 bits per heavy atom. The molecule has 1 aromatic rings. The van der Waals surface area contributed by atoms with Gasteiger partial charge in [0.1, 0.15) is 0 Å². The molecule has 5 heteroatoms. The Bertz CT molecular complexity index is 479. The lowest BCUT2D eigenvalue weighted by Crippen LogP contribution is -2.49. The minimum Gasteiger partial charge on any atom is -0.334 e. The second-order valence-electron chi connectivity index (χ2n) is 5.14. The lowest BCUT2D eigenvalue weighted by Gasteiger charge is -2.38. The van der Waals surface area contributed by atoms with Gasteiger partial charge >= 0.3 is 0 Å². The first-order valence-electron chi connectivity index (χ1n) is 6.49. The molecule has 0 radical (unpaired) electrons. The number of rotatable bonds is 2. The summed E-state index contributed by atoms with van der Waals surface area (Å²) >= 11 is 6.87. The van der Waals surface area contributed by atoms with E-state index in [4.69, 9.17) is 5.73 Å². The average Bonchev–Trinajstić information content (AvgIpc) is 2.40. The van der Waals surface area contributed by atoms with Crippen LogP contribution >= 0.6 is 31.9 Å². The molecule has 0 aromatic heterocycles. The number of carbonyl (C=O) groups excluding carboxylic acids is 1. The lowest BCUT2D eigenvalue weighted by atomic mass is 9.92. The fraction of sp³-hybridized carbons (Fsp3) is 0.500. The van der Waals surface area contributed by atoms with E-state index >= 15 is 0 Å². The number of hydrogen-bond acceptors (Lipinski definition) is 2. The third-order valence-corrected chi connectivity index (χ3v) is 4.85. The average molecular weight is 390 g/mol. The second-order valence-corrected chi connectivity index (χ2v) is 6.91.